The van der Waals surface area contributed by atoms with Crippen LogP contribution in [-0.4, -0.2) is 86.9 Å². The zero-order valence-electron chi connectivity index (χ0n) is 16.9. The number of aliphatic imine (C=N–C) groups is 1. The number of piperidine rings is 1. The molecule has 0 aromatic carbocycles. The highest BCUT2D eigenvalue weighted by Gasteiger charge is 2.31. The van der Waals surface area contributed by atoms with Crippen LogP contribution in [0.1, 0.15) is 31.4 Å². The van der Waals surface area contributed by atoms with Gasteiger partial charge in [-0.3, -0.25) is 9.89 Å². The lowest BCUT2D eigenvalue weighted by Gasteiger charge is -2.33. The number of guanidine groups is 1. The number of morpholine rings is 1. The number of nitrogens with one attached hydrogen (secondary N) is 2. The minimum absolute atomic E-state index is 0.522. The quantitative estimate of drug-likeness (QED) is 0.516. The predicted octanol–water partition coefficient (Wildman–Crippen LogP) is 1.32. The van der Waals surface area contributed by atoms with Gasteiger partial charge in [-0.05, 0) is 37.8 Å². The monoisotopic (exact) mass is 389 g/mol. The highest BCUT2D eigenvalue weighted by Crippen LogP contribution is 2.29. The molecule has 7 heteroatoms. The molecule has 2 N–H and O–H groups in total. The number of nitrogens with zero attached hydrogens (tertiary/aromatic N) is 3. The van der Waals surface area contributed by atoms with Crippen LogP contribution in [0.15, 0.2) is 27.8 Å². The van der Waals surface area contributed by atoms with Crippen molar-refractivity contribution in [2.75, 3.05) is 59.0 Å². The lowest BCUT2D eigenvalue weighted by Crippen LogP contribution is -2.49. The molecule has 0 amide bonds. The summed E-state index contributed by atoms with van der Waals surface area (Å²) in [7, 11) is 0. The van der Waals surface area contributed by atoms with Gasteiger partial charge in [0.05, 0.1) is 26.0 Å². The van der Waals surface area contributed by atoms with Gasteiger partial charge in [0.1, 0.15) is 5.76 Å². The van der Waals surface area contributed by atoms with Gasteiger partial charge < -0.3 is 24.7 Å². The molecule has 4 rings (SSSR count). The van der Waals surface area contributed by atoms with Crippen molar-refractivity contribution in [3.8, 4) is 0 Å². The maximum absolute atomic E-state index is 5.44. The Balaban J connectivity index is 1.24. The Kier molecular flexibility index (Phi) is 7.24. The van der Waals surface area contributed by atoms with E-state index in [9.17, 15) is 0 Å². The smallest absolute Gasteiger partial charge is 0.191 e. The Hall–Kier alpha value is -1.57. The van der Waals surface area contributed by atoms with E-state index >= 15 is 0 Å². The lowest BCUT2D eigenvalue weighted by atomic mass is 10.1. The molecule has 0 bridgehead atoms. The van der Waals surface area contributed by atoms with Gasteiger partial charge in [-0.15, -0.1) is 0 Å². The zero-order chi connectivity index (χ0) is 19.0. The Bertz CT molecular complexity index is 588. The summed E-state index contributed by atoms with van der Waals surface area (Å²) in [6.07, 6.45) is 7.83. The number of hydrogen-bond donors (Lipinski definition) is 2. The molecular formula is C21H35N5O2. The second-order valence-electron chi connectivity index (χ2n) is 8.13. The van der Waals surface area contributed by atoms with Gasteiger partial charge in [0, 0.05) is 57.8 Å². The Morgan fingerprint density at radius 1 is 1.11 bits per heavy atom. The van der Waals surface area contributed by atoms with E-state index in [1.54, 1.807) is 6.26 Å². The summed E-state index contributed by atoms with van der Waals surface area (Å²) in [5, 5.41) is 7.20. The minimum Gasteiger partial charge on any atom is -0.469 e. The number of rotatable bonds is 8. The van der Waals surface area contributed by atoms with E-state index in [0.717, 1.165) is 70.1 Å². The highest BCUT2D eigenvalue weighted by atomic mass is 16.5. The van der Waals surface area contributed by atoms with E-state index in [1.807, 2.05) is 12.1 Å². The fourth-order valence-corrected chi connectivity index (χ4v) is 4.08. The molecule has 3 heterocycles. The van der Waals surface area contributed by atoms with Crippen LogP contribution in [0.4, 0.5) is 0 Å². The number of likely N-dealkylation sites (tertiary alicyclic amines) is 1. The molecule has 0 radical (unpaired) electrons. The first-order valence-electron chi connectivity index (χ1n) is 11.0. The summed E-state index contributed by atoms with van der Waals surface area (Å²) < 4.78 is 10.9. The third-order valence-corrected chi connectivity index (χ3v) is 5.97. The Morgan fingerprint density at radius 3 is 2.64 bits per heavy atom. The third-order valence-electron chi connectivity index (χ3n) is 5.97. The zero-order valence-corrected chi connectivity index (χ0v) is 16.9. The van der Waals surface area contributed by atoms with Gasteiger partial charge in [0.15, 0.2) is 5.96 Å². The standard InChI is InChI=1S/C21H35N5O2/c1-2-20(28-15-1)5-8-22-21(23-9-12-25-13-16-27-17-14-25)24-18-6-10-26(11-7-18)19-3-4-19/h1-2,15,18-19H,3-14,16-17H2,(H2,22,23,24). The minimum atomic E-state index is 0.522. The molecule has 0 spiro atoms. The van der Waals surface area contributed by atoms with Crippen molar-refractivity contribution in [1.29, 1.82) is 0 Å². The van der Waals surface area contributed by atoms with Crippen molar-refractivity contribution >= 4 is 5.96 Å². The molecule has 28 heavy (non-hydrogen) atoms. The molecule has 3 fully saturated rings. The molecule has 2 saturated heterocycles. The van der Waals surface area contributed by atoms with Crippen molar-refractivity contribution in [3.63, 3.8) is 0 Å². The second kappa shape index (κ2) is 10.3. The van der Waals surface area contributed by atoms with Crippen molar-refractivity contribution in [1.82, 2.24) is 20.4 Å². The molecular weight excluding hydrogens is 354 g/mol. The van der Waals surface area contributed by atoms with E-state index in [-0.39, 0.29) is 0 Å². The van der Waals surface area contributed by atoms with Gasteiger partial charge in [-0.1, -0.05) is 0 Å². The van der Waals surface area contributed by atoms with Crippen LogP contribution in [0.3, 0.4) is 0 Å². The van der Waals surface area contributed by atoms with E-state index in [2.05, 4.69) is 20.4 Å². The topological polar surface area (TPSA) is 65.3 Å². The molecule has 0 unspecified atom stereocenters. The summed E-state index contributed by atoms with van der Waals surface area (Å²) in [6.45, 7) is 8.80. The summed E-state index contributed by atoms with van der Waals surface area (Å²) in [5.41, 5.74) is 0. The third kappa shape index (κ3) is 6.22. The van der Waals surface area contributed by atoms with E-state index < -0.39 is 0 Å². The fourth-order valence-electron chi connectivity index (χ4n) is 4.08. The second-order valence-corrected chi connectivity index (χ2v) is 8.13. The summed E-state index contributed by atoms with van der Waals surface area (Å²) in [5.74, 6) is 1.96. The van der Waals surface area contributed by atoms with Crippen LogP contribution in [-0.2, 0) is 11.2 Å². The van der Waals surface area contributed by atoms with Gasteiger partial charge in [-0.25, -0.2) is 0 Å². The molecule has 3 aliphatic rings. The molecule has 1 aliphatic carbocycles. The average Bonchev–Trinajstić information content (AvgIpc) is 3.45. The normalized spacial score (nSPS) is 23.1. The van der Waals surface area contributed by atoms with Gasteiger partial charge in [0.2, 0.25) is 0 Å². The molecule has 156 valence electrons. The molecule has 1 aromatic rings. The first-order valence-corrected chi connectivity index (χ1v) is 11.0. The van der Waals surface area contributed by atoms with Crippen LogP contribution in [0.25, 0.3) is 0 Å². The van der Waals surface area contributed by atoms with Crippen molar-refractivity contribution in [2.45, 2.75) is 44.2 Å². The van der Waals surface area contributed by atoms with Crippen LogP contribution in [0.2, 0.25) is 0 Å². The molecule has 0 atom stereocenters. The maximum atomic E-state index is 5.44. The molecule has 1 aromatic heterocycles. The first-order chi connectivity index (χ1) is 13.9. The number of ether oxygens (including phenoxy) is 1. The average molecular weight is 390 g/mol. The van der Waals surface area contributed by atoms with E-state index in [4.69, 9.17) is 14.1 Å². The molecule has 7 nitrogen and oxygen atoms in total. The van der Waals surface area contributed by atoms with E-state index in [1.165, 1.54) is 38.8 Å². The number of hydrogen-bond acceptors (Lipinski definition) is 5. The van der Waals surface area contributed by atoms with Gasteiger partial charge in [0.25, 0.3) is 0 Å². The molecule has 2 aliphatic heterocycles. The van der Waals surface area contributed by atoms with Crippen molar-refractivity contribution < 1.29 is 9.15 Å². The first kappa shape index (κ1) is 19.7. The fraction of sp³-hybridized carbons (Fsp3) is 0.762. The number of furan rings is 1. The Labute approximate surface area is 168 Å². The van der Waals surface area contributed by atoms with Gasteiger partial charge >= 0.3 is 0 Å². The van der Waals surface area contributed by atoms with Crippen LogP contribution < -0.4 is 10.6 Å². The summed E-state index contributed by atoms with van der Waals surface area (Å²) in [6, 6.07) is 5.37. The Morgan fingerprint density at radius 2 is 1.93 bits per heavy atom. The van der Waals surface area contributed by atoms with Crippen LogP contribution >= 0.6 is 0 Å². The maximum Gasteiger partial charge on any atom is 0.191 e. The summed E-state index contributed by atoms with van der Waals surface area (Å²) >= 11 is 0. The van der Waals surface area contributed by atoms with Crippen molar-refractivity contribution in [2.24, 2.45) is 4.99 Å². The van der Waals surface area contributed by atoms with Gasteiger partial charge in [-0.2, -0.15) is 0 Å². The van der Waals surface area contributed by atoms with Crippen LogP contribution in [0.5, 0.6) is 0 Å². The largest absolute Gasteiger partial charge is 0.469 e. The predicted molar refractivity (Wildman–Crippen MR) is 111 cm³/mol. The summed E-state index contributed by atoms with van der Waals surface area (Å²) in [4.78, 5) is 9.96. The van der Waals surface area contributed by atoms with Crippen molar-refractivity contribution in [3.05, 3.63) is 24.2 Å². The van der Waals surface area contributed by atoms with Crippen LogP contribution in [0, 0.1) is 0 Å². The molecule has 1 saturated carbocycles. The lowest BCUT2D eigenvalue weighted by molar-refractivity contribution is 0.0394. The van der Waals surface area contributed by atoms with E-state index in [0.29, 0.717) is 6.04 Å². The highest BCUT2D eigenvalue weighted by molar-refractivity contribution is 5.80. The SMILES string of the molecule is c1coc(CCNC(=NCCN2CCOCC2)NC2CCN(C3CC3)CC2)c1.